The van der Waals surface area contributed by atoms with E-state index in [1.807, 2.05) is 0 Å². The molecule has 1 saturated heterocycles. The van der Waals surface area contributed by atoms with E-state index < -0.39 is 0 Å². The standard InChI is InChI=1S/C22H36N4O.HI/c1-5-20(26-14-8-11-21(26)27)12-13-24-22(23-6-2)25-16-18(4)19-10-7-9-17(3)15-19;/h7,9-10,15,18,20H,5-6,8,11-14,16H2,1-4H3,(H2,23,24,25);1H. The van der Waals surface area contributed by atoms with Gasteiger partial charge in [0.25, 0.3) is 0 Å². The van der Waals surface area contributed by atoms with E-state index in [0.717, 1.165) is 51.4 Å². The minimum atomic E-state index is 0. The van der Waals surface area contributed by atoms with E-state index in [-0.39, 0.29) is 24.0 Å². The summed E-state index contributed by atoms with van der Waals surface area (Å²) in [5.41, 5.74) is 2.61. The van der Waals surface area contributed by atoms with Gasteiger partial charge in [0.15, 0.2) is 5.96 Å². The first-order valence-electron chi connectivity index (χ1n) is 10.4. The monoisotopic (exact) mass is 500 g/mol. The first-order valence-corrected chi connectivity index (χ1v) is 10.4. The van der Waals surface area contributed by atoms with Gasteiger partial charge >= 0.3 is 0 Å². The summed E-state index contributed by atoms with van der Waals surface area (Å²) in [6.07, 6.45) is 3.68. The molecule has 1 amide bonds. The molecule has 1 aromatic carbocycles. The van der Waals surface area contributed by atoms with Gasteiger partial charge in [-0.25, -0.2) is 0 Å². The number of nitrogens with one attached hydrogen (secondary N) is 2. The van der Waals surface area contributed by atoms with Crippen LogP contribution in [0, 0.1) is 6.92 Å². The normalized spacial score (nSPS) is 16.5. The molecule has 6 heteroatoms. The Morgan fingerprint density at radius 1 is 1.29 bits per heavy atom. The number of hydrogen-bond acceptors (Lipinski definition) is 2. The van der Waals surface area contributed by atoms with Gasteiger partial charge in [-0.3, -0.25) is 9.79 Å². The summed E-state index contributed by atoms with van der Waals surface area (Å²) < 4.78 is 0. The average molecular weight is 500 g/mol. The Bertz CT molecular complexity index is 635. The van der Waals surface area contributed by atoms with Crippen molar-refractivity contribution in [3.63, 3.8) is 0 Å². The first kappa shape index (κ1) is 24.7. The second-order valence-electron chi connectivity index (χ2n) is 7.50. The quantitative estimate of drug-likeness (QED) is 0.306. The molecule has 1 aliphatic rings. The largest absolute Gasteiger partial charge is 0.357 e. The molecule has 0 aromatic heterocycles. The molecular formula is C22H37IN4O. The number of nitrogens with zero attached hydrogens (tertiary/aromatic N) is 2. The summed E-state index contributed by atoms with van der Waals surface area (Å²) in [6.45, 7) is 11.9. The maximum atomic E-state index is 12.0. The molecule has 2 atom stereocenters. The number of guanidine groups is 1. The van der Waals surface area contributed by atoms with E-state index in [0.29, 0.717) is 24.3 Å². The van der Waals surface area contributed by atoms with Gasteiger partial charge in [-0.15, -0.1) is 24.0 Å². The maximum Gasteiger partial charge on any atom is 0.222 e. The number of amides is 1. The summed E-state index contributed by atoms with van der Waals surface area (Å²) in [4.78, 5) is 18.8. The molecule has 1 fully saturated rings. The van der Waals surface area contributed by atoms with Crippen molar-refractivity contribution in [2.24, 2.45) is 4.99 Å². The predicted molar refractivity (Wildman–Crippen MR) is 129 cm³/mol. The fourth-order valence-electron chi connectivity index (χ4n) is 3.64. The summed E-state index contributed by atoms with van der Waals surface area (Å²) in [5, 5.41) is 6.77. The lowest BCUT2D eigenvalue weighted by molar-refractivity contribution is -0.129. The van der Waals surface area contributed by atoms with E-state index in [2.05, 4.69) is 67.5 Å². The van der Waals surface area contributed by atoms with Crippen molar-refractivity contribution in [1.29, 1.82) is 0 Å². The van der Waals surface area contributed by atoms with Crippen molar-refractivity contribution in [3.05, 3.63) is 35.4 Å². The van der Waals surface area contributed by atoms with Crippen molar-refractivity contribution in [2.45, 2.75) is 65.3 Å². The second kappa shape index (κ2) is 13.0. The lowest BCUT2D eigenvalue weighted by Gasteiger charge is -2.27. The van der Waals surface area contributed by atoms with Crippen LogP contribution in [0.1, 0.15) is 63.5 Å². The predicted octanol–water partition coefficient (Wildman–Crippen LogP) is 4.06. The zero-order chi connectivity index (χ0) is 19.6. The Hall–Kier alpha value is -1.31. The molecule has 158 valence electrons. The Morgan fingerprint density at radius 2 is 2.07 bits per heavy atom. The van der Waals surface area contributed by atoms with Crippen LogP contribution in [0.25, 0.3) is 0 Å². The van der Waals surface area contributed by atoms with Gasteiger partial charge in [0.05, 0.1) is 0 Å². The Kier molecular flexibility index (Phi) is 11.5. The van der Waals surface area contributed by atoms with Crippen LogP contribution in [0.15, 0.2) is 29.3 Å². The number of aryl methyl sites for hydroxylation is 1. The zero-order valence-electron chi connectivity index (χ0n) is 17.8. The summed E-state index contributed by atoms with van der Waals surface area (Å²) in [7, 11) is 0. The summed E-state index contributed by atoms with van der Waals surface area (Å²) >= 11 is 0. The number of benzene rings is 1. The van der Waals surface area contributed by atoms with Crippen molar-refractivity contribution in [1.82, 2.24) is 15.5 Å². The lowest BCUT2D eigenvalue weighted by Crippen LogP contribution is -2.42. The van der Waals surface area contributed by atoms with Crippen LogP contribution in [-0.4, -0.2) is 49.0 Å². The lowest BCUT2D eigenvalue weighted by atomic mass is 10.00. The van der Waals surface area contributed by atoms with Gasteiger partial charge < -0.3 is 15.5 Å². The number of aliphatic imine (C=N–C) groups is 1. The molecule has 0 bridgehead atoms. The zero-order valence-corrected chi connectivity index (χ0v) is 20.2. The van der Waals surface area contributed by atoms with Crippen LogP contribution in [0.5, 0.6) is 0 Å². The smallest absolute Gasteiger partial charge is 0.222 e. The summed E-state index contributed by atoms with van der Waals surface area (Å²) in [6, 6.07) is 8.98. The number of halogens is 1. The minimum Gasteiger partial charge on any atom is -0.357 e. The molecule has 1 aromatic rings. The van der Waals surface area contributed by atoms with Gasteiger partial charge in [0.1, 0.15) is 0 Å². The van der Waals surface area contributed by atoms with Crippen LogP contribution < -0.4 is 10.6 Å². The van der Waals surface area contributed by atoms with Crippen molar-refractivity contribution in [3.8, 4) is 0 Å². The summed E-state index contributed by atoms with van der Waals surface area (Å²) in [5.74, 6) is 1.56. The van der Waals surface area contributed by atoms with E-state index in [4.69, 9.17) is 4.99 Å². The highest BCUT2D eigenvalue weighted by Crippen LogP contribution is 2.18. The first-order chi connectivity index (χ1) is 13.0. The number of hydrogen-bond donors (Lipinski definition) is 2. The Morgan fingerprint density at radius 3 is 2.68 bits per heavy atom. The molecule has 0 aliphatic carbocycles. The number of carbonyl (C=O) groups excluding carboxylic acids is 1. The average Bonchev–Trinajstić information content (AvgIpc) is 3.08. The molecule has 2 unspecified atom stereocenters. The van der Waals surface area contributed by atoms with Gasteiger partial charge in [-0.05, 0) is 38.7 Å². The molecule has 5 nitrogen and oxygen atoms in total. The van der Waals surface area contributed by atoms with Gasteiger partial charge in [0, 0.05) is 44.6 Å². The molecule has 0 saturated carbocycles. The molecular weight excluding hydrogens is 463 g/mol. The third-order valence-corrected chi connectivity index (χ3v) is 5.27. The Labute approximate surface area is 187 Å². The van der Waals surface area contributed by atoms with Gasteiger partial charge in [-0.2, -0.15) is 0 Å². The van der Waals surface area contributed by atoms with Gasteiger partial charge in [0.2, 0.25) is 5.91 Å². The molecule has 28 heavy (non-hydrogen) atoms. The van der Waals surface area contributed by atoms with E-state index in [1.54, 1.807) is 0 Å². The molecule has 0 spiro atoms. The molecule has 1 heterocycles. The van der Waals surface area contributed by atoms with E-state index in [1.165, 1.54) is 11.1 Å². The van der Waals surface area contributed by atoms with Crippen molar-refractivity contribution >= 4 is 35.8 Å². The third kappa shape index (κ3) is 7.60. The van der Waals surface area contributed by atoms with Crippen LogP contribution >= 0.6 is 24.0 Å². The van der Waals surface area contributed by atoms with Crippen LogP contribution in [0.3, 0.4) is 0 Å². The highest BCUT2D eigenvalue weighted by molar-refractivity contribution is 14.0. The molecule has 0 radical (unpaired) electrons. The highest BCUT2D eigenvalue weighted by Gasteiger charge is 2.26. The SMILES string of the molecule is CCNC(=NCC(C)c1cccc(C)c1)NCCC(CC)N1CCCC1=O.I. The van der Waals surface area contributed by atoms with Crippen molar-refractivity contribution < 1.29 is 4.79 Å². The van der Waals surface area contributed by atoms with Crippen LogP contribution in [0.2, 0.25) is 0 Å². The fourth-order valence-corrected chi connectivity index (χ4v) is 3.64. The number of likely N-dealkylation sites (tertiary alicyclic amines) is 1. The fraction of sp³-hybridized carbons (Fsp3) is 0.636. The topological polar surface area (TPSA) is 56.7 Å². The minimum absolute atomic E-state index is 0. The molecule has 1 aliphatic heterocycles. The van der Waals surface area contributed by atoms with E-state index in [9.17, 15) is 4.79 Å². The Balaban J connectivity index is 0.00000392. The van der Waals surface area contributed by atoms with Crippen LogP contribution in [0.4, 0.5) is 0 Å². The van der Waals surface area contributed by atoms with E-state index >= 15 is 0 Å². The highest BCUT2D eigenvalue weighted by atomic mass is 127. The van der Waals surface area contributed by atoms with Crippen molar-refractivity contribution in [2.75, 3.05) is 26.2 Å². The number of carbonyl (C=O) groups is 1. The maximum absolute atomic E-state index is 12.0. The second-order valence-corrected chi connectivity index (χ2v) is 7.50. The number of rotatable bonds is 9. The molecule has 2 rings (SSSR count). The van der Waals surface area contributed by atoms with Crippen LogP contribution in [-0.2, 0) is 4.79 Å². The van der Waals surface area contributed by atoms with Gasteiger partial charge in [-0.1, -0.05) is 43.7 Å². The third-order valence-electron chi connectivity index (χ3n) is 5.27. The molecule has 2 N–H and O–H groups in total.